The molecule has 1 aliphatic heterocycles. The number of primary amides is 1. The average molecular weight is 307 g/mol. The van der Waals surface area contributed by atoms with Crippen LogP contribution in [0.1, 0.15) is 35.3 Å². The van der Waals surface area contributed by atoms with Crippen molar-refractivity contribution in [2.24, 2.45) is 5.73 Å². The summed E-state index contributed by atoms with van der Waals surface area (Å²) < 4.78 is 0. The molecular weight excluding hydrogens is 290 g/mol. The van der Waals surface area contributed by atoms with Gasteiger partial charge in [-0.05, 0) is 37.5 Å². The smallest absolute Gasteiger partial charge is 0.267 e. The summed E-state index contributed by atoms with van der Waals surface area (Å²) in [6.07, 6.45) is 3.37. The zero-order chi connectivity index (χ0) is 16.2. The quantitative estimate of drug-likeness (QED) is 0.936. The molecule has 3 rings (SSSR count). The fourth-order valence-electron chi connectivity index (χ4n) is 2.69. The molecule has 0 unspecified atom stereocenters. The Kier molecular flexibility index (Phi) is 4.20. The molecule has 0 spiro atoms. The van der Waals surface area contributed by atoms with Gasteiger partial charge in [0.2, 0.25) is 5.95 Å². The van der Waals surface area contributed by atoms with E-state index < -0.39 is 5.91 Å². The van der Waals surface area contributed by atoms with Gasteiger partial charge in [0.15, 0.2) is 0 Å². The third-order valence-corrected chi connectivity index (χ3v) is 3.89. The second-order valence-corrected chi connectivity index (χ2v) is 5.54. The maximum absolute atomic E-state index is 11.6. The highest BCUT2D eigenvalue weighted by Gasteiger charge is 2.17. The Bertz CT molecular complexity index is 775. The normalized spacial score (nSPS) is 14.3. The van der Waals surface area contributed by atoms with Gasteiger partial charge in [-0.15, -0.1) is 0 Å². The summed E-state index contributed by atoms with van der Waals surface area (Å²) in [5.41, 5.74) is 7.52. The lowest BCUT2D eigenvalue weighted by atomic mass is 10.1. The highest BCUT2D eigenvalue weighted by molar-refractivity contribution is 5.92. The Balaban J connectivity index is 2.06. The lowest BCUT2D eigenvalue weighted by molar-refractivity contribution is 0.0995. The predicted molar refractivity (Wildman–Crippen MR) is 86.8 cm³/mol. The molecule has 2 N–H and O–H groups in total. The fourth-order valence-corrected chi connectivity index (χ4v) is 2.69. The largest absolute Gasteiger partial charge is 0.364 e. The number of aromatic nitrogens is 2. The minimum Gasteiger partial charge on any atom is -0.364 e. The van der Waals surface area contributed by atoms with E-state index in [1.165, 1.54) is 6.42 Å². The first-order valence-corrected chi connectivity index (χ1v) is 7.62. The zero-order valence-electron chi connectivity index (χ0n) is 12.7. The molecule has 1 fully saturated rings. The Morgan fingerprint density at radius 2 is 1.96 bits per heavy atom. The van der Waals surface area contributed by atoms with Crippen molar-refractivity contribution in [3.63, 3.8) is 0 Å². The number of amides is 1. The molecule has 2 heterocycles. The summed E-state index contributed by atoms with van der Waals surface area (Å²) in [6, 6.07) is 10.8. The molecular formula is C17H17N5O. The van der Waals surface area contributed by atoms with Crippen molar-refractivity contribution in [2.75, 3.05) is 18.0 Å². The van der Waals surface area contributed by atoms with Crippen LogP contribution in [0.15, 0.2) is 30.3 Å². The average Bonchev–Trinajstić information content (AvgIpc) is 2.62. The molecule has 1 aromatic carbocycles. The second kappa shape index (κ2) is 6.44. The van der Waals surface area contributed by atoms with Crippen molar-refractivity contribution in [1.29, 1.82) is 5.26 Å². The summed E-state index contributed by atoms with van der Waals surface area (Å²) in [4.78, 5) is 22.6. The first-order chi connectivity index (χ1) is 11.2. The number of rotatable bonds is 3. The topological polar surface area (TPSA) is 95.9 Å². The number of nitrogens with zero attached hydrogens (tertiary/aromatic N) is 4. The molecule has 0 bridgehead atoms. The van der Waals surface area contributed by atoms with Crippen LogP contribution in [0.5, 0.6) is 0 Å². The number of piperidine rings is 1. The van der Waals surface area contributed by atoms with Gasteiger partial charge in [-0.2, -0.15) is 5.26 Å². The number of nitrogens with two attached hydrogens (primary N) is 1. The second-order valence-electron chi connectivity index (χ2n) is 5.54. The summed E-state index contributed by atoms with van der Waals surface area (Å²) in [5.74, 6) is -0.0540. The zero-order valence-corrected chi connectivity index (χ0v) is 12.7. The van der Waals surface area contributed by atoms with Crippen LogP contribution in [0, 0.1) is 11.3 Å². The summed E-state index contributed by atoms with van der Waals surface area (Å²) in [5, 5.41) is 9.05. The first-order valence-electron chi connectivity index (χ1n) is 7.62. The lowest BCUT2D eigenvalue weighted by Gasteiger charge is -2.27. The van der Waals surface area contributed by atoms with Crippen LogP contribution in [0.4, 0.5) is 5.95 Å². The van der Waals surface area contributed by atoms with Crippen molar-refractivity contribution >= 4 is 11.9 Å². The van der Waals surface area contributed by atoms with E-state index in [0.717, 1.165) is 31.5 Å². The minimum atomic E-state index is -0.580. The lowest BCUT2D eigenvalue weighted by Crippen LogP contribution is -2.31. The number of anilines is 1. The molecule has 0 saturated carbocycles. The van der Waals surface area contributed by atoms with Crippen LogP contribution in [0.25, 0.3) is 11.3 Å². The monoisotopic (exact) mass is 307 g/mol. The van der Waals surface area contributed by atoms with Crippen LogP contribution < -0.4 is 10.6 Å². The molecule has 0 radical (unpaired) electrons. The Labute approximate surface area is 134 Å². The highest BCUT2D eigenvalue weighted by atomic mass is 16.1. The van der Waals surface area contributed by atoms with Gasteiger partial charge < -0.3 is 10.6 Å². The summed E-state index contributed by atoms with van der Waals surface area (Å²) in [7, 11) is 0. The minimum absolute atomic E-state index is 0.193. The maximum atomic E-state index is 11.6. The highest BCUT2D eigenvalue weighted by Crippen LogP contribution is 2.23. The molecule has 0 atom stereocenters. The fraction of sp³-hybridized carbons (Fsp3) is 0.294. The van der Waals surface area contributed by atoms with Gasteiger partial charge >= 0.3 is 0 Å². The van der Waals surface area contributed by atoms with Gasteiger partial charge in [0.25, 0.3) is 5.91 Å². The summed E-state index contributed by atoms with van der Waals surface area (Å²) in [6.45, 7) is 1.75. The van der Waals surface area contributed by atoms with E-state index in [2.05, 4.69) is 20.9 Å². The van der Waals surface area contributed by atoms with E-state index in [1.807, 2.05) is 6.07 Å². The van der Waals surface area contributed by atoms with Gasteiger partial charge in [0.1, 0.15) is 5.69 Å². The molecule has 23 heavy (non-hydrogen) atoms. The van der Waals surface area contributed by atoms with Crippen LogP contribution in [0.2, 0.25) is 0 Å². The number of hydrogen-bond donors (Lipinski definition) is 1. The van der Waals surface area contributed by atoms with Gasteiger partial charge in [0, 0.05) is 18.7 Å². The van der Waals surface area contributed by atoms with Crippen LogP contribution in [-0.2, 0) is 0 Å². The van der Waals surface area contributed by atoms with Crippen molar-refractivity contribution in [2.45, 2.75) is 19.3 Å². The van der Waals surface area contributed by atoms with Gasteiger partial charge in [-0.3, -0.25) is 4.79 Å². The molecule has 2 aromatic rings. The van der Waals surface area contributed by atoms with E-state index in [0.29, 0.717) is 17.2 Å². The predicted octanol–water partition coefficient (Wildman–Crippen LogP) is 2.10. The Morgan fingerprint density at radius 3 is 2.65 bits per heavy atom. The van der Waals surface area contributed by atoms with E-state index in [-0.39, 0.29) is 5.69 Å². The molecule has 1 amide bonds. The first kappa shape index (κ1) is 15.0. The van der Waals surface area contributed by atoms with Crippen LogP contribution in [0.3, 0.4) is 0 Å². The molecule has 0 aliphatic carbocycles. The standard InChI is InChI=1S/C17H17N5O/c18-11-12-5-4-6-13(9-12)14-10-15(16(19)23)21-17(20-14)22-7-2-1-3-8-22/h4-6,9-10H,1-3,7-8H2,(H2,19,23). The Morgan fingerprint density at radius 1 is 1.17 bits per heavy atom. The Hall–Kier alpha value is -2.94. The maximum Gasteiger partial charge on any atom is 0.267 e. The molecule has 6 nitrogen and oxygen atoms in total. The van der Waals surface area contributed by atoms with E-state index in [1.54, 1.807) is 24.3 Å². The summed E-state index contributed by atoms with van der Waals surface area (Å²) >= 11 is 0. The van der Waals surface area contributed by atoms with E-state index >= 15 is 0 Å². The van der Waals surface area contributed by atoms with Crippen molar-refractivity contribution in [1.82, 2.24) is 9.97 Å². The SMILES string of the molecule is N#Cc1cccc(-c2cc(C(N)=O)nc(N3CCCCC3)n2)c1. The number of hydrogen-bond acceptors (Lipinski definition) is 5. The third-order valence-electron chi connectivity index (χ3n) is 3.89. The molecule has 116 valence electrons. The van der Waals surface area contributed by atoms with E-state index in [4.69, 9.17) is 11.0 Å². The number of carbonyl (C=O) groups excluding carboxylic acids is 1. The number of carbonyl (C=O) groups is 1. The van der Waals surface area contributed by atoms with Gasteiger partial charge in [-0.25, -0.2) is 9.97 Å². The number of benzene rings is 1. The van der Waals surface area contributed by atoms with Crippen molar-refractivity contribution in [3.05, 3.63) is 41.6 Å². The van der Waals surface area contributed by atoms with Gasteiger partial charge in [0.05, 0.1) is 17.3 Å². The molecule has 1 aliphatic rings. The van der Waals surface area contributed by atoms with E-state index in [9.17, 15) is 4.79 Å². The van der Waals surface area contributed by atoms with Gasteiger partial charge in [-0.1, -0.05) is 12.1 Å². The third kappa shape index (κ3) is 3.29. The van der Waals surface area contributed by atoms with Crippen LogP contribution >= 0.6 is 0 Å². The van der Waals surface area contributed by atoms with Crippen molar-refractivity contribution in [3.8, 4) is 17.3 Å². The van der Waals surface area contributed by atoms with Crippen molar-refractivity contribution < 1.29 is 4.79 Å². The number of nitriles is 1. The molecule has 1 aromatic heterocycles. The molecule has 6 heteroatoms. The molecule has 1 saturated heterocycles. The van der Waals surface area contributed by atoms with Crippen LogP contribution in [-0.4, -0.2) is 29.0 Å².